The van der Waals surface area contributed by atoms with Gasteiger partial charge in [-0.15, -0.1) is 0 Å². The van der Waals surface area contributed by atoms with Gasteiger partial charge in [0.25, 0.3) is 0 Å². The minimum atomic E-state index is -3.36. The van der Waals surface area contributed by atoms with E-state index in [-0.39, 0.29) is 16.0 Å². The lowest BCUT2D eigenvalue weighted by atomic mass is 9.92. The molecule has 0 spiro atoms. The standard InChI is InChI=1S/C18H14ClO5S/c1-18(21)16(12-5-9-14(10-6-12)25(2,22)23)15(17(20)24-18)11-3-7-13(19)8-4-11/h3-10H,1-2H3/q-1. The van der Waals surface area contributed by atoms with E-state index in [9.17, 15) is 18.3 Å². The van der Waals surface area contributed by atoms with Crippen molar-refractivity contribution in [2.75, 3.05) is 6.26 Å². The van der Waals surface area contributed by atoms with Crippen molar-refractivity contribution in [1.29, 1.82) is 0 Å². The molecule has 5 nitrogen and oxygen atoms in total. The molecule has 1 heterocycles. The molecule has 0 radical (unpaired) electrons. The van der Waals surface area contributed by atoms with Gasteiger partial charge in [0.05, 0.1) is 16.3 Å². The smallest absolute Gasteiger partial charge is 0.338 e. The topological polar surface area (TPSA) is 83.5 Å². The Labute approximate surface area is 150 Å². The second-order valence-corrected chi connectivity index (χ2v) is 8.34. The Morgan fingerprint density at radius 2 is 1.52 bits per heavy atom. The second-order valence-electron chi connectivity index (χ2n) is 5.89. The summed E-state index contributed by atoms with van der Waals surface area (Å²) < 4.78 is 28.2. The molecule has 0 saturated heterocycles. The Morgan fingerprint density at radius 1 is 1.00 bits per heavy atom. The Hall–Kier alpha value is -2.15. The summed E-state index contributed by atoms with van der Waals surface area (Å²) in [5.41, 5.74) is 1.26. The number of rotatable bonds is 3. The summed E-state index contributed by atoms with van der Waals surface area (Å²) in [4.78, 5) is 12.4. The van der Waals surface area contributed by atoms with Crippen LogP contribution in [0.5, 0.6) is 0 Å². The first-order valence-corrected chi connectivity index (χ1v) is 9.61. The highest BCUT2D eigenvalue weighted by Gasteiger charge is 2.37. The highest BCUT2D eigenvalue weighted by Crippen LogP contribution is 2.41. The number of hydrogen-bond donors (Lipinski definition) is 0. The van der Waals surface area contributed by atoms with Crippen LogP contribution in [0.25, 0.3) is 11.1 Å². The van der Waals surface area contributed by atoms with Crippen LogP contribution in [0.4, 0.5) is 0 Å². The van der Waals surface area contributed by atoms with E-state index >= 15 is 0 Å². The summed E-state index contributed by atoms with van der Waals surface area (Å²) in [5, 5.41) is 13.2. The lowest BCUT2D eigenvalue weighted by Crippen LogP contribution is -2.42. The number of ether oxygens (including phenoxy) is 1. The summed E-state index contributed by atoms with van der Waals surface area (Å²) in [5.74, 6) is -2.79. The van der Waals surface area contributed by atoms with Gasteiger partial charge >= 0.3 is 5.97 Å². The van der Waals surface area contributed by atoms with Crippen LogP contribution in [0.1, 0.15) is 18.1 Å². The fourth-order valence-corrected chi connectivity index (χ4v) is 3.52. The van der Waals surface area contributed by atoms with Crippen molar-refractivity contribution in [3.05, 3.63) is 64.7 Å². The first kappa shape index (κ1) is 17.7. The predicted octanol–water partition coefficient (Wildman–Crippen LogP) is 2.29. The highest BCUT2D eigenvalue weighted by molar-refractivity contribution is 7.90. The maximum Gasteiger partial charge on any atom is 0.338 e. The number of carbonyl (C=O) groups excluding carboxylic acids is 1. The largest absolute Gasteiger partial charge is 0.815 e. The third-order valence-electron chi connectivity index (χ3n) is 3.90. The number of cyclic esters (lactones) is 1. The Balaban J connectivity index is 2.20. The first-order valence-electron chi connectivity index (χ1n) is 7.34. The Morgan fingerprint density at radius 3 is 2.04 bits per heavy atom. The number of halogens is 1. The zero-order valence-corrected chi connectivity index (χ0v) is 15.0. The van der Waals surface area contributed by atoms with Crippen LogP contribution in [0.3, 0.4) is 0 Å². The van der Waals surface area contributed by atoms with Crippen LogP contribution in [0, 0.1) is 0 Å². The predicted molar refractivity (Wildman–Crippen MR) is 92.3 cm³/mol. The molecule has 2 aromatic carbocycles. The molecule has 0 aromatic heterocycles. The molecular weight excluding hydrogens is 364 g/mol. The molecule has 1 atom stereocenters. The molecule has 0 N–H and O–H groups in total. The van der Waals surface area contributed by atoms with E-state index in [1.54, 1.807) is 24.3 Å². The molecule has 0 bridgehead atoms. The number of benzene rings is 2. The minimum Gasteiger partial charge on any atom is -0.815 e. The average Bonchev–Trinajstić information content (AvgIpc) is 2.76. The SMILES string of the molecule is CC1([O-])OC(=O)C(c2ccc(Cl)cc2)=C1c1ccc(S(C)(=O)=O)cc1. The van der Waals surface area contributed by atoms with E-state index < -0.39 is 21.6 Å². The third kappa shape index (κ3) is 3.33. The van der Waals surface area contributed by atoms with E-state index in [1.807, 2.05) is 0 Å². The zero-order valence-electron chi connectivity index (χ0n) is 13.4. The molecule has 1 unspecified atom stereocenters. The van der Waals surface area contributed by atoms with Crippen molar-refractivity contribution < 1.29 is 23.1 Å². The summed E-state index contributed by atoms with van der Waals surface area (Å²) in [6, 6.07) is 12.3. The van der Waals surface area contributed by atoms with Crippen LogP contribution in [0.15, 0.2) is 53.4 Å². The fraction of sp³-hybridized carbons (Fsp3) is 0.167. The summed E-state index contributed by atoms with van der Waals surface area (Å²) in [7, 11) is -3.36. The van der Waals surface area contributed by atoms with Gasteiger partial charge in [0.15, 0.2) is 9.84 Å². The van der Waals surface area contributed by atoms with Crippen molar-refractivity contribution >= 4 is 38.6 Å². The first-order chi connectivity index (χ1) is 11.6. The number of hydrogen-bond acceptors (Lipinski definition) is 5. The quantitative estimate of drug-likeness (QED) is 0.766. The molecule has 2 aromatic rings. The number of carbonyl (C=O) groups is 1. The highest BCUT2D eigenvalue weighted by atomic mass is 35.5. The molecule has 0 amide bonds. The van der Waals surface area contributed by atoms with Crippen LogP contribution in [-0.2, 0) is 19.4 Å². The molecule has 0 aliphatic carbocycles. The van der Waals surface area contributed by atoms with E-state index in [1.165, 1.54) is 31.2 Å². The zero-order chi connectivity index (χ0) is 18.4. The minimum absolute atomic E-state index is 0.128. The molecule has 0 fully saturated rings. The normalized spacial score (nSPS) is 20.7. The number of sulfone groups is 1. The van der Waals surface area contributed by atoms with Gasteiger partial charge in [0.1, 0.15) is 0 Å². The van der Waals surface area contributed by atoms with Gasteiger partial charge in [-0.25, -0.2) is 13.2 Å². The molecule has 25 heavy (non-hydrogen) atoms. The Bertz CT molecular complexity index is 971. The molecule has 3 rings (SSSR count). The maximum atomic E-state index is 12.7. The van der Waals surface area contributed by atoms with Crippen LogP contribution >= 0.6 is 11.6 Å². The van der Waals surface area contributed by atoms with Crippen LogP contribution < -0.4 is 5.11 Å². The van der Waals surface area contributed by atoms with E-state index in [4.69, 9.17) is 16.3 Å². The number of esters is 1. The molecular formula is C18H14ClO5S-. The molecule has 1 aliphatic rings. The van der Waals surface area contributed by atoms with E-state index in [0.717, 1.165) is 6.26 Å². The molecule has 7 heteroatoms. The average molecular weight is 378 g/mol. The van der Waals surface area contributed by atoms with Crippen molar-refractivity contribution in [2.24, 2.45) is 0 Å². The summed E-state index contributed by atoms with van der Waals surface area (Å²) >= 11 is 5.87. The lowest BCUT2D eigenvalue weighted by molar-refractivity contribution is -0.509. The van der Waals surface area contributed by atoms with Crippen molar-refractivity contribution in [3.8, 4) is 0 Å². The second kappa shape index (κ2) is 5.98. The monoisotopic (exact) mass is 377 g/mol. The van der Waals surface area contributed by atoms with Crippen LogP contribution in [0.2, 0.25) is 5.02 Å². The van der Waals surface area contributed by atoms with Gasteiger partial charge < -0.3 is 9.84 Å². The third-order valence-corrected chi connectivity index (χ3v) is 5.28. The van der Waals surface area contributed by atoms with Crippen molar-refractivity contribution in [3.63, 3.8) is 0 Å². The van der Waals surface area contributed by atoms with Crippen molar-refractivity contribution in [1.82, 2.24) is 0 Å². The van der Waals surface area contributed by atoms with Gasteiger partial charge in [-0.3, -0.25) is 0 Å². The maximum absolute atomic E-state index is 12.7. The van der Waals surface area contributed by atoms with Gasteiger partial charge in [-0.2, -0.15) is 0 Å². The fourth-order valence-electron chi connectivity index (χ4n) is 2.76. The molecule has 0 saturated carbocycles. The van der Waals surface area contributed by atoms with Gasteiger partial charge in [0.2, 0.25) is 0 Å². The van der Waals surface area contributed by atoms with Crippen molar-refractivity contribution in [2.45, 2.75) is 17.6 Å². The van der Waals surface area contributed by atoms with E-state index in [0.29, 0.717) is 16.1 Å². The van der Waals surface area contributed by atoms with Gasteiger partial charge in [-0.1, -0.05) is 35.9 Å². The Kier molecular flexibility index (Phi) is 4.23. The van der Waals surface area contributed by atoms with Crippen LogP contribution in [-0.4, -0.2) is 26.4 Å². The summed E-state index contributed by atoms with van der Waals surface area (Å²) in [6.07, 6.45) is 1.10. The molecule has 1 aliphatic heterocycles. The lowest BCUT2D eigenvalue weighted by Gasteiger charge is -2.33. The molecule has 130 valence electrons. The van der Waals surface area contributed by atoms with E-state index in [2.05, 4.69) is 0 Å². The van der Waals surface area contributed by atoms with Gasteiger partial charge in [-0.05, 0) is 42.3 Å². The summed E-state index contributed by atoms with van der Waals surface area (Å²) in [6.45, 7) is 1.26. The van der Waals surface area contributed by atoms with Gasteiger partial charge in [0, 0.05) is 16.9 Å².